The fraction of sp³-hybridized carbons (Fsp3) is 0.415. The van der Waals surface area contributed by atoms with Gasteiger partial charge in [0.15, 0.2) is 0 Å². The van der Waals surface area contributed by atoms with Crippen LogP contribution in [0.5, 0.6) is 17.6 Å². The van der Waals surface area contributed by atoms with E-state index < -0.39 is 41.7 Å². The van der Waals surface area contributed by atoms with Crippen LogP contribution in [0, 0.1) is 5.92 Å². The van der Waals surface area contributed by atoms with Crippen molar-refractivity contribution in [2.24, 2.45) is 5.92 Å². The summed E-state index contributed by atoms with van der Waals surface area (Å²) in [7, 11) is 2.92. The zero-order valence-electron chi connectivity index (χ0n) is 30.7. The fourth-order valence-electron chi connectivity index (χ4n) is 7.92. The van der Waals surface area contributed by atoms with E-state index in [1.54, 1.807) is 18.9 Å². The third kappa shape index (κ3) is 7.82. The normalized spacial score (nSPS) is 19.1. The van der Waals surface area contributed by atoms with E-state index in [4.69, 9.17) is 30.8 Å². The van der Waals surface area contributed by atoms with Crippen molar-refractivity contribution in [3.8, 4) is 40.0 Å². The number of amides is 1. The lowest BCUT2D eigenvalue weighted by Gasteiger charge is -2.41. The number of methoxy groups -OCH3 is 2. The number of hydrogen-bond donors (Lipinski definition) is 2. The molecule has 3 aliphatic rings. The van der Waals surface area contributed by atoms with Gasteiger partial charge < -0.3 is 24.6 Å². The number of aliphatic carboxylic acids is 1. The Morgan fingerprint density at radius 3 is 2.40 bits per heavy atom. The first kappa shape index (κ1) is 38.4. The predicted octanol–water partition coefficient (Wildman–Crippen LogP) is 8.25. The summed E-state index contributed by atoms with van der Waals surface area (Å²) in [5, 5.41) is 12.8. The molecule has 1 unspecified atom stereocenters. The van der Waals surface area contributed by atoms with Crippen LogP contribution < -0.4 is 19.5 Å². The first-order valence-corrected chi connectivity index (χ1v) is 18.8. The first-order chi connectivity index (χ1) is 26.4. The van der Waals surface area contributed by atoms with Gasteiger partial charge >= 0.3 is 12.1 Å². The van der Waals surface area contributed by atoms with E-state index in [-0.39, 0.29) is 36.5 Å². The molecule has 55 heavy (non-hydrogen) atoms. The van der Waals surface area contributed by atoms with Gasteiger partial charge in [-0.25, -0.2) is 4.98 Å². The molecule has 2 aromatic carbocycles. The summed E-state index contributed by atoms with van der Waals surface area (Å²) in [6, 6.07) is 15.9. The van der Waals surface area contributed by atoms with Crippen molar-refractivity contribution in [3.63, 3.8) is 0 Å². The molecule has 0 bridgehead atoms. The van der Waals surface area contributed by atoms with Gasteiger partial charge in [0.05, 0.1) is 30.9 Å². The van der Waals surface area contributed by atoms with Gasteiger partial charge in [-0.1, -0.05) is 54.1 Å². The summed E-state index contributed by atoms with van der Waals surface area (Å²) < 4.78 is 61.0. The largest absolute Gasteiger partial charge is 0.481 e. The van der Waals surface area contributed by atoms with Crippen LogP contribution in [0.15, 0.2) is 54.6 Å². The Bertz CT molecular complexity index is 2110. The van der Waals surface area contributed by atoms with Crippen LogP contribution in [-0.2, 0) is 28.6 Å². The number of carbonyl (C=O) groups excluding carboxylic acids is 1. The van der Waals surface area contributed by atoms with Gasteiger partial charge in [-0.3, -0.25) is 14.5 Å². The van der Waals surface area contributed by atoms with Gasteiger partial charge in [-0.15, -0.1) is 0 Å². The SMILES string of the molecule is COc1nc(-c2cccc(-c3cccc4c3CC[C@@H]4Oc3nc(OC)c(C(C)N4CC(C(=O)O)C4)cc3C(F)(F)F)c2Cl)ccc1CCC[C@@H]1CCC(=O)N1. The van der Waals surface area contributed by atoms with Crippen molar-refractivity contribution >= 4 is 23.5 Å². The van der Waals surface area contributed by atoms with Crippen molar-refractivity contribution in [3.05, 3.63) is 87.4 Å². The third-order valence-corrected chi connectivity index (χ3v) is 11.4. The number of nitrogens with zero attached hydrogens (tertiary/aromatic N) is 3. The number of likely N-dealkylation sites (tertiary alicyclic amines) is 1. The molecule has 0 radical (unpaired) electrons. The molecule has 0 saturated carbocycles. The van der Waals surface area contributed by atoms with E-state index in [1.165, 1.54) is 7.11 Å². The minimum Gasteiger partial charge on any atom is -0.481 e. The van der Waals surface area contributed by atoms with Gasteiger partial charge in [0.25, 0.3) is 0 Å². The molecule has 0 spiro atoms. The first-order valence-electron chi connectivity index (χ1n) is 18.4. The van der Waals surface area contributed by atoms with Crippen LogP contribution in [0.25, 0.3) is 22.4 Å². The molecule has 1 amide bonds. The summed E-state index contributed by atoms with van der Waals surface area (Å²) >= 11 is 7.13. The molecule has 2 saturated heterocycles. The van der Waals surface area contributed by atoms with Crippen molar-refractivity contribution in [2.75, 3.05) is 27.3 Å². The second kappa shape index (κ2) is 15.7. The lowest BCUT2D eigenvalue weighted by Crippen LogP contribution is -2.51. The number of alkyl halides is 3. The van der Waals surface area contributed by atoms with E-state index in [0.29, 0.717) is 41.4 Å². The second-order valence-corrected chi connectivity index (χ2v) is 14.7. The summed E-state index contributed by atoms with van der Waals surface area (Å²) in [4.78, 5) is 33.7. The average Bonchev–Trinajstić information content (AvgIpc) is 3.75. The Morgan fingerprint density at radius 2 is 1.71 bits per heavy atom. The zero-order chi connectivity index (χ0) is 39.0. The van der Waals surface area contributed by atoms with Crippen LogP contribution in [0.2, 0.25) is 5.02 Å². The summed E-state index contributed by atoms with van der Waals surface area (Å²) in [6.07, 6.45) is -0.587. The van der Waals surface area contributed by atoms with Gasteiger partial charge in [0, 0.05) is 53.8 Å². The number of benzene rings is 2. The number of aromatic nitrogens is 2. The molecule has 1 aliphatic carbocycles. The van der Waals surface area contributed by atoms with Crippen molar-refractivity contribution in [1.82, 2.24) is 20.2 Å². The number of rotatable bonds is 13. The molecule has 2 fully saturated rings. The van der Waals surface area contributed by atoms with Crippen LogP contribution >= 0.6 is 11.6 Å². The molecule has 3 atom stereocenters. The number of ether oxygens (including phenoxy) is 3. The van der Waals surface area contributed by atoms with Crippen molar-refractivity contribution in [1.29, 1.82) is 0 Å². The molecule has 14 heteroatoms. The number of carboxylic acids is 1. The van der Waals surface area contributed by atoms with Crippen LogP contribution in [-0.4, -0.2) is 65.2 Å². The molecule has 4 aromatic rings. The fourth-order valence-corrected chi connectivity index (χ4v) is 8.24. The third-order valence-electron chi connectivity index (χ3n) is 11.0. The summed E-state index contributed by atoms with van der Waals surface area (Å²) in [5.74, 6) is -1.49. The molecule has 290 valence electrons. The predicted molar refractivity (Wildman–Crippen MR) is 199 cm³/mol. The highest BCUT2D eigenvalue weighted by atomic mass is 35.5. The number of pyridine rings is 2. The number of nitrogens with one attached hydrogen (secondary N) is 1. The highest BCUT2D eigenvalue weighted by Gasteiger charge is 2.41. The topological polar surface area (TPSA) is 123 Å². The zero-order valence-corrected chi connectivity index (χ0v) is 31.5. The van der Waals surface area contributed by atoms with Gasteiger partial charge in [0.2, 0.25) is 23.5 Å². The van der Waals surface area contributed by atoms with Gasteiger partial charge in [-0.05, 0) is 74.3 Å². The Kier molecular flexibility index (Phi) is 11.0. The van der Waals surface area contributed by atoms with E-state index in [2.05, 4.69) is 10.3 Å². The van der Waals surface area contributed by atoms with Crippen LogP contribution in [0.3, 0.4) is 0 Å². The van der Waals surface area contributed by atoms with Crippen molar-refractivity contribution < 1.29 is 42.1 Å². The summed E-state index contributed by atoms with van der Waals surface area (Å²) in [5.41, 5.74) is 4.74. The van der Waals surface area contributed by atoms with Crippen molar-refractivity contribution in [2.45, 2.75) is 76.2 Å². The Balaban J connectivity index is 1.13. The Labute approximate surface area is 322 Å². The highest BCUT2D eigenvalue weighted by Crippen LogP contribution is 2.47. The quantitative estimate of drug-likeness (QED) is 0.138. The number of hydrogen-bond acceptors (Lipinski definition) is 8. The monoisotopic (exact) mass is 778 g/mol. The number of aryl methyl sites for hydroxylation is 1. The highest BCUT2D eigenvalue weighted by molar-refractivity contribution is 6.36. The van der Waals surface area contributed by atoms with E-state index in [9.17, 15) is 27.9 Å². The summed E-state index contributed by atoms with van der Waals surface area (Å²) in [6.45, 7) is 2.14. The van der Waals surface area contributed by atoms with Crippen LogP contribution in [0.1, 0.15) is 79.0 Å². The molecular formula is C41H42ClF3N4O6. The minimum atomic E-state index is -4.78. The van der Waals surface area contributed by atoms with Crippen LogP contribution in [0.4, 0.5) is 13.2 Å². The molecule has 4 heterocycles. The number of halogens is 4. The maximum absolute atomic E-state index is 14.6. The van der Waals surface area contributed by atoms with E-state index in [1.807, 2.05) is 48.5 Å². The molecule has 2 N–H and O–H groups in total. The maximum Gasteiger partial charge on any atom is 0.421 e. The Morgan fingerprint density at radius 1 is 0.982 bits per heavy atom. The number of carboxylic acid groups (broad SMARTS) is 1. The Hall–Kier alpha value is -4.88. The number of fused-ring (bicyclic) bond motifs is 1. The molecule has 7 rings (SSSR count). The van der Waals surface area contributed by atoms with E-state index >= 15 is 0 Å². The molecule has 2 aliphatic heterocycles. The lowest BCUT2D eigenvalue weighted by atomic mass is 9.94. The smallest absolute Gasteiger partial charge is 0.421 e. The van der Waals surface area contributed by atoms with Gasteiger partial charge in [0.1, 0.15) is 11.7 Å². The standard InChI is InChI=1S/C41H42ClF3N4O6/c1-22(49-20-24(21-49)40(51)52)31-19-32(41(43,44)45)39(48-38(31)54-3)55-34-17-15-27-26(9-5-10-28(27)34)29-11-6-12-30(36(29)42)33-16-13-23(37(47-33)53-2)7-4-8-25-14-18-35(50)46-25/h5-6,9-13,16,19,22,24-25,34H,4,7-8,14-15,17-18,20-21H2,1-3H3,(H,46,50)(H,51,52)/t22?,25-,34+/m1/s1. The molecule has 10 nitrogen and oxygen atoms in total. The number of carbonyl (C=O) groups is 2. The lowest BCUT2D eigenvalue weighted by molar-refractivity contribution is -0.148. The maximum atomic E-state index is 14.6. The molecular weight excluding hydrogens is 737 g/mol. The van der Waals surface area contributed by atoms with E-state index in [0.717, 1.165) is 59.6 Å². The second-order valence-electron chi connectivity index (χ2n) is 14.3. The average molecular weight is 779 g/mol. The van der Waals surface area contributed by atoms with Gasteiger partial charge in [-0.2, -0.15) is 18.2 Å². The minimum absolute atomic E-state index is 0.0119. The molecule has 2 aromatic heterocycles.